The number of hydrogen-bond donors (Lipinski definition) is 0. The fourth-order valence-corrected chi connectivity index (χ4v) is 8.91. The van der Waals surface area contributed by atoms with Gasteiger partial charge in [0.2, 0.25) is 0 Å². The van der Waals surface area contributed by atoms with E-state index in [1.807, 2.05) is 13.1 Å². The summed E-state index contributed by atoms with van der Waals surface area (Å²) in [6, 6.07) is 25.8. The molecule has 2 aliphatic heterocycles. The Kier molecular flexibility index (Phi) is 3.91. The highest BCUT2D eigenvalue weighted by molar-refractivity contribution is 6.85. The largest absolute Gasteiger partial charge is 0.537 e. The van der Waals surface area contributed by atoms with Gasteiger partial charge in [-0.3, -0.25) is 0 Å². The number of hydrogen-bond acceptors (Lipinski definition) is 3. The zero-order valence-corrected chi connectivity index (χ0v) is 27.6. The molecule has 0 spiro atoms. The van der Waals surface area contributed by atoms with E-state index in [0.29, 0.717) is 10.9 Å². The van der Waals surface area contributed by atoms with E-state index in [0.717, 1.165) is 12.1 Å². The molecule has 49 heavy (non-hydrogen) atoms. The van der Waals surface area contributed by atoms with Gasteiger partial charge in [-0.1, -0.05) is 105 Å². The van der Waals surface area contributed by atoms with E-state index >= 15 is 0 Å². The van der Waals surface area contributed by atoms with E-state index < -0.39 is 94.0 Å². The van der Waals surface area contributed by atoms with Gasteiger partial charge in [0.1, 0.15) is 23.0 Å². The first kappa shape index (κ1) is 17.0. The van der Waals surface area contributed by atoms with Crippen LogP contribution in [0.2, 0.25) is 13.1 Å². The Hall–Kier alpha value is -5.06. The number of rotatable bonds is 3. The van der Waals surface area contributed by atoms with Gasteiger partial charge < -0.3 is 13.9 Å². The molecule has 6 aromatic carbocycles. The van der Waals surface area contributed by atoms with Crippen LogP contribution in [-0.4, -0.2) is 8.32 Å². The van der Waals surface area contributed by atoms with Crippen molar-refractivity contribution in [2.45, 2.75) is 59.6 Å². The molecule has 244 valence electrons. The Morgan fingerprint density at radius 1 is 0.510 bits per heavy atom. The fraction of sp³-hybridized carbons (Fsp3) is 0.200. The minimum Gasteiger partial charge on any atom is -0.537 e. The van der Waals surface area contributed by atoms with Crippen LogP contribution in [0.15, 0.2) is 109 Å². The maximum atomic E-state index is 9.11. The molecule has 4 heteroatoms. The second-order valence-corrected chi connectivity index (χ2v) is 16.5. The molecule has 8 rings (SSSR count). The Labute approximate surface area is 316 Å². The maximum absolute atomic E-state index is 9.11. The topological polar surface area (TPSA) is 27.7 Å². The summed E-state index contributed by atoms with van der Waals surface area (Å²) in [7, 11) is -2.97. The lowest BCUT2D eigenvalue weighted by atomic mass is 9.74. The van der Waals surface area contributed by atoms with Crippen LogP contribution in [0.1, 0.15) is 71.8 Å². The summed E-state index contributed by atoms with van der Waals surface area (Å²) < 4.78 is 179. The van der Waals surface area contributed by atoms with E-state index in [2.05, 4.69) is 0 Å². The molecule has 0 bridgehead atoms. The standard InChI is InChI=1S/C45H42O3Si/c1-27-23-25-31(29(3)41(27)33-15-13-18-36-43(33)46-37-19-10-9-17-35(37)45(36,5)6)32-26-24-28(2)42(30(32)4)34-16-14-22-40-44(34)47-38-20-11-12-21-39(38)48-49(40,7)8/h9-26H,1-8H3/i1D3,2D3,3D3,4D3,5D3,6D3. The van der Waals surface area contributed by atoms with Crippen LogP contribution in [0, 0.1) is 27.4 Å². The van der Waals surface area contributed by atoms with E-state index in [9.17, 15) is 0 Å². The number of ether oxygens (including phenoxy) is 2. The quantitative estimate of drug-likeness (QED) is 0.175. The molecule has 0 amide bonds. The maximum Gasteiger partial charge on any atom is 0.280 e. The molecule has 3 nitrogen and oxygen atoms in total. The third-order valence-electron chi connectivity index (χ3n) is 9.25. The Bertz CT molecular complexity index is 2940. The molecule has 0 atom stereocenters. The van der Waals surface area contributed by atoms with Gasteiger partial charge in [0.25, 0.3) is 8.32 Å². The van der Waals surface area contributed by atoms with Crippen molar-refractivity contribution in [3.8, 4) is 62.1 Å². The summed E-state index contributed by atoms with van der Waals surface area (Å²) in [5.41, 5.74) is -7.29. The fourth-order valence-electron chi connectivity index (χ4n) is 6.85. The third kappa shape index (κ3) is 4.84. The Morgan fingerprint density at radius 3 is 1.73 bits per heavy atom. The first-order valence-electron chi connectivity index (χ1n) is 24.7. The molecule has 6 aromatic rings. The van der Waals surface area contributed by atoms with Crippen LogP contribution in [0.25, 0.3) is 33.4 Å². The Morgan fingerprint density at radius 2 is 1.08 bits per heavy atom. The first-order chi connectivity index (χ1) is 30.8. The lowest BCUT2D eigenvalue weighted by Crippen LogP contribution is -2.47. The highest BCUT2D eigenvalue weighted by Gasteiger charge is 2.37. The summed E-state index contributed by atoms with van der Waals surface area (Å²) in [5.74, 6) is 0.205. The zero-order valence-electron chi connectivity index (χ0n) is 44.6. The molecular formula is C45H42O3Si. The van der Waals surface area contributed by atoms with Crippen molar-refractivity contribution in [2.75, 3.05) is 0 Å². The average Bonchev–Trinajstić information content (AvgIpc) is 3.31. The van der Waals surface area contributed by atoms with Crippen LogP contribution in [0.3, 0.4) is 0 Å². The van der Waals surface area contributed by atoms with Gasteiger partial charge in [-0.15, -0.1) is 0 Å². The van der Waals surface area contributed by atoms with E-state index in [-0.39, 0.29) is 50.6 Å². The van der Waals surface area contributed by atoms with Gasteiger partial charge in [-0.05, 0) is 103 Å². The Balaban J connectivity index is 1.53. The van der Waals surface area contributed by atoms with Crippen molar-refractivity contribution >= 4 is 13.5 Å². The molecule has 0 aromatic heterocycles. The smallest absolute Gasteiger partial charge is 0.280 e. The first-order valence-corrected chi connectivity index (χ1v) is 18.6. The molecule has 0 unspecified atom stereocenters. The minimum atomic E-state index is -3.30. The van der Waals surface area contributed by atoms with Gasteiger partial charge in [-0.2, -0.15) is 0 Å². The van der Waals surface area contributed by atoms with Gasteiger partial charge in [-0.25, -0.2) is 0 Å². The van der Waals surface area contributed by atoms with E-state index in [4.69, 9.17) is 38.6 Å². The summed E-state index contributed by atoms with van der Waals surface area (Å²) >= 11 is 0. The lowest BCUT2D eigenvalue weighted by molar-refractivity contribution is 0.419. The molecule has 0 N–H and O–H groups in total. The van der Waals surface area contributed by atoms with E-state index in [1.54, 1.807) is 36.4 Å². The number of fused-ring (bicyclic) bond motifs is 4. The van der Waals surface area contributed by atoms with Gasteiger partial charge >= 0.3 is 0 Å². The molecule has 0 radical (unpaired) electrons. The van der Waals surface area contributed by atoms with Crippen LogP contribution in [0.4, 0.5) is 0 Å². The third-order valence-corrected chi connectivity index (χ3v) is 11.7. The second-order valence-electron chi connectivity index (χ2n) is 12.7. The number of aryl methyl sites for hydroxylation is 2. The van der Waals surface area contributed by atoms with Gasteiger partial charge in [0.15, 0.2) is 5.75 Å². The summed E-state index contributed by atoms with van der Waals surface area (Å²) in [5, 5.41) is 0.563. The predicted octanol–water partition coefficient (Wildman–Crippen LogP) is 11.9. The summed E-state index contributed by atoms with van der Waals surface area (Å²) in [6.07, 6.45) is 0. The predicted molar refractivity (Wildman–Crippen MR) is 205 cm³/mol. The zero-order chi connectivity index (χ0) is 49.2. The van der Waals surface area contributed by atoms with Crippen molar-refractivity contribution in [3.05, 3.63) is 143 Å². The van der Waals surface area contributed by atoms with E-state index in [1.165, 1.54) is 60.7 Å². The van der Waals surface area contributed by atoms with Crippen molar-refractivity contribution < 1.29 is 38.6 Å². The SMILES string of the molecule is [2H]C([2H])([2H])c1ccc(-c2ccc(C([2H])([2H])[2H])c(-c3cccc4c3Oc3ccccc3O[Si]4(C)C)c2C([2H])([2H])[2H])c(C([2H])([2H])[2H])c1-c1cccc2c1Oc1ccccc1C2(C([2H])([2H])[2H])C([2H])([2H])[2H]. The normalized spacial score (nSPS) is 21.9. The van der Waals surface area contributed by atoms with Gasteiger partial charge in [0, 0.05) is 57.5 Å². The monoisotopic (exact) mass is 676 g/mol. The molecule has 2 heterocycles. The number of benzene rings is 6. The molecular weight excluding hydrogens is 617 g/mol. The molecule has 0 fully saturated rings. The van der Waals surface area contributed by atoms with Crippen LogP contribution in [-0.2, 0) is 5.41 Å². The highest BCUT2D eigenvalue weighted by atomic mass is 28.4. The van der Waals surface area contributed by atoms with Crippen molar-refractivity contribution in [1.82, 2.24) is 0 Å². The van der Waals surface area contributed by atoms with Crippen LogP contribution < -0.4 is 19.1 Å². The molecule has 0 saturated heterocycles. The highest BCUT2D eigenvalue weighted by Crippen LogP contribution is 2.53. The van der Waals surface area contributed by atoms with Crippen LogP contribution >= 0.6 is 0 Å². The van der Waals surface area contributed by atoms with Gasteiger partial charge in [0.05, 0.1) is 0 Å². The molecule has 0 saturated carbocycles. The second kappa shape index (κ2) is 11.2. The van der Waals surface area contributed by atoms with Crippen molar-refractivity contribution in [2.24, 2.45) is 0 Å². The van der Waals surface area contributed by atoms with Crippen molar-refractivity contribution in [1.29, 1.82) is 0 Å². The number of para-hydroxylation sites is 5. The molecule has 2 aliphatic rings. The average molecular weight is 677 g/mol. The van der Waals surface area contributed by atoms with Crippen molar-refractivity contribution in [3.63, 3.8) is 0 Å². The van der Waals surface area contributed by atoms with Crippen LogP contribution in [0.5, 0.6) is 28.7 Å². The molecule has 0 aliphatic carbocycles. The summed E-state index contributed by atoms with van der Waals surface area (Å²) in [4.78, 5) is 0. The minimum absolute atomic E-state index is 0.0575. The lowest BCUT2D eigenvalue weighted by Gasteiger charge is -2.35. The summed E-state index contributed by atoms with van der Waals surface area (Å²) in [6.45, 7) is -15.4.